The molecule has 2 rings (SSSR count). The van der Waals surface area contributed by atoms with Crippen LogP contribution in [0.3, 0.4) is 0 Å². The maximum absolute atomic E-state index is 12.3. The number of methoxy groups -OCH3 is 1. The first-order valence-electron chi connectivity index (χ1n) is 5.68. The van der Waals surface area contributed by atoms with E-state index >= 15 is 0 Å². The highest BCUT2D eigenvalue weighted by Gasteiger charge is 2.30. The Hall–Kier alpha value is -1.62. The minimum atomic E-state index is -0.119. The van der Waals surface area contributed by atoms with Gasteiger partial charge in [-0.05, 0) is 25.0 Å². The zero-order valence-electron chi connectivity index (χ0n) is 9.80. The Kier molecular flexibility index (Phi) is 3.58. The second-order valence-corrected chi connectivity index (χ2v) is 4.04. The van der Waals surface area contributed by atoms with Crippen LogP contribution in [-0.2, 0) is 0 Å². The highest BCUT2D eigenvalue weighted by atomic mass is 16.5. The van der Waals surface area contributed by atoms with Crippen LogP contribution in [0, 0.1) is 0 Å². The third kappa shape index (κ3) is 2.24. The number of carbonyl (C=O) groups is 1. The Labute approximate surface area is 100 Å². The van der Waals surface area contributed by atoms with Crippen molar-refractivity contribution in [3.05, 3.63) is 23.9 Å². The number of aromatic nitrogens is 1. The lowest BCUT2D eigenvalue weighted by molar-refractivity contribution is 0.0673. The first kappa shape index (κ1) is 11.9. The number of ether oxygens (including phenoxy) is 1. The van der Waals surface area contributed by atoms with Gasteiger partial charge in [-0.3, -0.25) is 4.79 Å². The van der Waals surface area contributed by atoms with Crippen LogP contribution in [0.2, 0.25) is 0 Å². The lowest BCUT2D eigenvalue weighted by atomic mass is 10.2. The number of carbonyl (C=O) groups excluding carboxylic acids is 1. The molecule has 0 radical (unpaired) electrons. The molecule has 1 saturated heterocycles. The summed E-state index contributed by atoms with van der Waals surface area (Å²) >= 11 is 0. The highest BCUT2D eigenvalue weighted by molar-refractivity contribution is 5.96. The molecule has 1 atom stereocenters. The van der Waals surface area contributed by atoms with Crippen LogP contribution >= 0.6 is 0 Å². The summed E-state index contributed by atoms with van der Waals surface area (Å²) in [4.78, 5) is 18.0. The zero-order chi connectivity index (χ0) is 12.3. The number of amides is 1. The topological polar surface area (TPSA) is 62.7 Å². The minimum absolute atomic E-state index is 0.00825. The summed E-state index contributed by atoms with van der Waals surface area (Å²) in [6.45, 7) is 0.691. The fraction of sp³-hybridized carbons (Fsp3) is 0.500. The van der Waals surface area contributed by atoms with E-state index in [0.717, 1.165) is 12.8 Å². The van der Waals surface area contributed by atoms with Crippen LogP contribution in [0.5, 0.6) is 5.88 Å². The maximum Gasteiger partial charge on any atom is 0.259 e. The van der Waals surface area contributed by atoms with Crippen molar-refractivity contribution < 1.29 is 14.6 Å². The molecule has 1 aliphatic rings. The van der Waals surface area contributed by atoms with Crippen molar-refractivity contribution in [3.8, 4) is 5.88 Å². The van der Waals surface area contributed by atoms with Crippen LogP contribution in [0.4, 0.5) is 0 Å². The molecule has 0 spiro atoms. The molecule has 1 aliphatic heterocycles. The van der Waals surface area contributed by atoms with Crippen molar-refractivity contribution in [1.82, 2.24) is 9.88 Å². The van der Waals surface area contributed by atoms with Gasteiger partial charge in [0.25, 0.3) is 5.91 Å². The van der Waals surface area contributed by atoms with Gasteiger partial charge in [0.1, 0.15) is 5.56 Å². The minimum Gasteiger partial charge on any atom is -0.480 e. The molecule has 92 valence electrons. The molecule has 1 N–H and O–H groups in total. The van der Waals surface area contributed by atoms with E-state index in [4.69, 9.17) is 4.74 Å². The summed E-state index contributed by atoms with van der Waals surface area (Å²) in [6, 6.07) is 3.33. The molecule has 1 fully saturated rings. The molecule has 1 aromatic rings. The van der Waals surface area contributed by atoms with Crippen LogP contribution in [-0.4, -0.2) is 47.2 Å². The Morgan fingerprint density at radius 2 is 2.53 bits per heavy atom. The number of pyridine rings is 1. The smallest absolute Gasteiger partial charge is 0.259 e. The van der Waals surface area contributed by atoms with E-state index in [2.05, 4.69) is 4.98 Å². The predicted molar refractivity (Wildman–Crippen MR) is 61.9 cm³/mol. The summed E-state index contributed by atoms with van der Waals surface area (Å²) < 4.78 is 5.07. The summed E-state index contributed by atoms with van der Waals surface area (Å²) in [5.74, 6) is 0.215. The maximum atomic E-state index is 12.3. The van der Waals surface area contributed by atoms with E-state index in [1.54, 1.807) is 23.2 Å². The number of likely N-dealkylation sites (tertiary alicyclic amines) is 1. The summed E-state index contributed by atoms with van der Waals surface area (Å²) in [5, 5.41) is 9.22. The largest absolute Gasteiger partial charge is 0.480 e. The van der Waals surface area contributed by atoms with Crippen molar-refractivity contribution in [2.45, 2.75) is 18.9 Å². The van der Waals surface area contributed by atoms with E-state index in [9.17, 15) is 9.90 Å². The number of rotatable bonds is 3. The molecule has 0 aliphatic carbocycles. The third-order valence-electron chi connectivity index (χ3n) is 3.04. The van der Waals surface area contributed by atoms with E-state index in [1.807, 2.05) is 0 Å². The Bertz CT molecular complexity index is 408. The van der Waals surface area contributed by atoms with Crippen molar-refractivity contribution in [1.29, 1.82) is 0 Å². The average molecular weight is 236 g/mol. The average Bonchev–Trinajstić information content (AvgIpc) is 2.86. The molecule has 5 heteroatoms. The number of hydrogen-bond donors (Lipinski definition) is 1. The molecule has 0 aromatic carbocycles. The van der Waals surface area contributed by atoms with Crippen molar-refractivity contribution >= 4 is 5.91 Å². The molecule has 1 aromatic heterocycles. The SMILES string of the molecule is COc1ncccc1C(=O)N1CCC[C@H]1CO. The van der Waals surface area contributed by atoms with E-state index < -0.39 is 0 Å². The van der Waals surface area contributed by atoms with Gasteiger partial charge in [0.05, 0.1) is 19.8 Å². The third-order valence-corrected chi connectivity index (χ3v) is 3.04. The fourth-order valence-electron chi connectivity index (χ4n) is 2.16. The summed E-state index contributed by atoms with van der Waals surface area (Å²) in [7, 11) is 1.49. The first-order chi connectivity index (χ1) is 8.27. The van der Waals surface area contributed by atoms with Crippen LogP contribution in [0.1, 0.15) is 23.2 Å². The van der Waals surface area contributed by atoms with E-state index in [-0.39, 0.29) is 18.6 Å². The Morgan fingerprint density at radius 3 is 3.24 bits per heavy atom. The van der Waals surface area contributed by atoms with Gasteiger partial charge in [-0.2, -0.15) is 0 Å². The molecule has 1 amide bonds. The van der Waals surface area contributed by atoms with Crippen LogP contribution < -0.4 is 4.74 Å². The van der Waals surface area contributed by atoms with Gasteiger partial charge in [-0.25, -0.2) is 4.98 Å². The first-order valence-corrected chi connectivity index (χ1v) is 5.68. The zero-order valence-corrected chi connectivity index (χ0v) is 9.80. The van der Waals surface area contributed by atoms with E-state index in [1.165, 1.54) is 7.11 Å². The Balaban J connectivity index is 2.24. The molecule has 0 bridgehead atoms. The molecular formula is C12H16N2O3. The standard InChI is InChI=1S/C12H16N2O3/c1-17-11-10(5-2-6-13-11)12(16)14-7-3-4-9(14)8-15/h2,5-6,9,15H,3-4,7-8H2,1H3/t9-/m0/s1. The summed E-state index contributed by atoms with van der Waals surface area (Å²) in [6.07, 6.45) is 3.37. The molecule has 0 unspecified atom stereocenters. The number of nitrogens with zero attached hydrogens (tertiary/aromatic N) is 2. The lowest BCUT2D eigenvalue weighted by Crippen LogP contribution is -2.37. The quantitative estimate of drug-likeness (QED) is 0.838. The van der Waals surface area contributed by atoms with Crippen molar-refractivity contribution in [2.75, 3.05) is 20.3 Å². The van der Waals surface area contributed by atoms with Gasteiger partial charge < -0.3 is 14.7 Å². The fourth-order valence-corrected chi connectivity index (χ4v) is 2.16. The van der Waals surface area contributed by atoms with Crippen molar-refractivity contribution in [2.24, 2.45) is 0 Å². The number of hydrogen-bond acceptors (Lipinski definition) is 4. The van der Waals surface area contributed by atoms with Crippen molar-refractivity contribution in [3.63, 3.8) is 0 Å². The molecular weight excluding hydrogens is 220 g/mol. The number of aliphatic hydroxyl groups excluding tert-OH is 1. The molecule has 17 heavy (non-hydrogen) atoms. The van der Waals surface area contributed by atoms with Gasteiger partial charge in [-0.15, -0.1) is 0 Å². The normalized spacial score (nSPS) is 19.4. The highest BCUT2D eigenvalue weighted by Crippen LogP contribution is 2.23. The predicted octanol–water partition coefficient (Wildman–Crippen LogP) is 0.687. The number of aliphatic hydroxyl groups is 1. The Morgan fingerprint density at radius 1 is 1.71 bits per heavy atom. The molecule has 0 saturated carbocycles. The van der Waals surface area contributed by atoms with Gasteiger partial charge in [0.2, 0.25) is 5.88 Å². The van der Waals surface area contributed by atoms with Crippen LogP contribution in [0.15, 0.2) is 18.3 Å². The van der Waals surface area contributed by atoms with Crippen LogP contribution in [0.25, 0.3) is 0 Å². The second kappa shape index (κ2) is 5.14. The van der Waals surface area contributed by atoms with Gasteiger partial charge in [0, 0.05) is 12.7 Å². The van der Waals surface area contributed by atoms with Gasteiger partial charge >= 0.3 is 0 Å². The second-order valence-electron chi connectivity index (χ2n) is 4.04. The van der Waals surface area contributed by atoms with Gasteiger partial charge in [-0.1, -0.05) is 0 Å². The van der Waals surface area contributed by atoms with E-state index in [0.29, 0.717) is 18.0 Å². The van der Waals surface area contributed by atoms with Gasteiger partial charge in [0.15, 0.2) is 0 Å². The monoisotopic (exact) mass is 236 g/mol. The molecule has 5 nitrogen and oxygen atoms in total. The molecule has 2 heterocycles. The lowest BCUT2D eigenvalue weighted by Gasteiger charge is -2.23. The summed E-state index contributed by atoms with van der Waals surface area (Å²) in [5.41, 5.74) is 0.454.